The molecule has 3 heterocycles. The minimum Gasteiger partial charge on any atom is -0.378 e. The molecule has 4 rings (SSSR count). The standard InChI is InChI=1S/C18H17N7O3S/c26-25(27)14-7-4-8-19-15(14)29-18-22-16(20-13-5-2-1-3-6-13)21-17(23-18)24-9-11-28-12-10-24/h1-8H,9-12H2,(H,20,21,22,23). The number of aromatic nitrogens is 4. The Balaban J connectivity index is 1.68. The Morgan fingerprint density at radius 2 is 1.86 bits per heavy atom. The zero-order chi connectivity index (χ0) is 20.1. The highest BCUT2D eigenvalue weighted by molar-refractivity contribution is 7.99. The number of ether oxygens (including phenoxy) is 1. The first-order chi connectivity index (χ1) is 14.2. The van der Waals surface area contributed by atoms with Crippen LogP contribution in [0.2, 0.25) is 0 Å². The van der Waals surface area contributed by atoms with Gasteiger partial charge in [0.05, 0.1) is 18.1 Å². The Morgan fingerprint density at radius 3 is 2.62 bits per heavy atom. The zero-order valence-electron chi connectivity index (χ0n) is 15.3. The van der Waals surface area contributed by atoms with Gasteiger partial charge in [-0.3, -0.25) is 10.1 Å². The van der Waals surface area contributed by atoms with Crippen molar-refractivity contribution in [1.82, 2.24) is 19.9 Å². The number of benzene rings is 1. The van der Waals surface area contributed by atoms with Gasteiger partial charge in [0.25, 0.3) is 0 Å². The summed E-state index contributed by atoms with van der Waals surface area (Å²) in [5.41, 5.74) is 0.731. The quantitative estimate of drug-likeness (QED) is 0.479. The van der Waals surface area contributed by atoms with Gasteiger partial charge in [-0.1, -0.05) is 18.2 Å². The predicted octanol–water partition coefficient (Wildman–Crippen LogP) is 2.91. The lowest BCUT2D eigenvalue weighted by Gasteiger charge is -2.27. The van der Waals surface area contributed by atoms with Crippen LogP contribution in [-0.4, -0.2) is 51.2 Å². The van der Waals surface area contributed by atoms with Crippen LogP contribution in [0.25, 0.3) is 0 Å². The second kappa shape index (κ2) is 8.80. The summed E-state index contributed by atoms with van der Waals surface area (Å²) in [4.78, 5) is 30.4. The normalized spacial score (nSPS) is 13.9. The van der Waals surface area contributed by atoms with E-state index in [1.54, 1.807) is 0 Å². The van der Waals surface area contributed by atoms with Gasteiger partial charge >= 0.3 is 5.69 Å². The Morgan fingerprint density at radius 1 is 1.07 bits per heavy atom. The Kier molecular flexibility index (Phi) is 5.77. The summed E-state index contributed by atoms with van der Waals surface area (Å²) in [6.45, 7) is 2.48. The van der Waals surface area contributed by atoms with Gasteiger partial charge in [-0.25, -0.2) is 4.98 Å². The molecule has 1 aromatic carbocycles. The van der Waals surface area contributed by atoms with Gasteiger partial charge in [-0.2, -0.15) is 15.0 Å². The Labute approximate surface area is 170 Å². The second-order valence-electron chi connectivity index (χ2n) is 6.02. The summed E-state index contributed by atoms with van der Waals surface area (Å²) in [6, 6.07) is 12.4. The molecule has 11 heteroatoms. The molecule has 0 bridgehead atoms. The van der Waals surface area contributed by atoms with Crippen LogP contribution in [0.1, 0.15) is 0 Å². The fourth-order valence-corrected chi connectivity index (χ4v) is 3.48. The minimum absolute atomic E-state index is 0.0941. The Hall–Kier alpha value is -3.31. The van der Waals surface area contributed by atoms with Gasteiger partial charge in [0.2, 0.25) is 17.1 Å². The van der Waals surface area contributed by atoms with Crippen molar-refractivity contribution in [2.24, 2.45) is 0 Å². The average Bonchev–Trinajstić information content (AvgIpc) is 2.75. The molecule has 1 fully saturated rings. The molecule has 0 saturated carbocycles. The van der Waals surface area contributed by atoms with Crippen molar-refractivity contribution in [2.45, 2.75) is 10.2 Å². The highest BCUT2D eigenvalue weighted by atomic mass is 32.2. The number of morpholine rings is 1. The maximum atomic E-state index is 11.3. The van der Waals surface area contributed by atoms with Crippen LogP contribution >= 0.6 is 11.8 Å². The molecule has 1 saturated heterocycles. The van der Waals surface area contributed by atoms with E-state index in [-0.39, 0.29) is 10.7 Å². The monoisotopic (exact) mass is 411 g/mol. The average molecular weight is 411 g/mol. The third-order valence-electron chi connectivity index (χ3n) is 4.06. The predicted molar refractivity (Wildman–Crippen MR) is 108 cm³/mol. The van der Waals surface area contributed by atoms with Gasteiger partial charge in [-0.15, -0.1) is 0 Å². The highest BCUT2D eigenvalue weighted by Crippen LogP contribution is 2.32. The lowest BCUT2D eigenvalue weighted by Crippen LogP contribution is -2.37. The molecular formula is C18H17N7O3S. The van der Waals surface area contributed by atoms with E-state index in [1.807, 2.05) is 35.2 Å². The van der Waals surface area contributed by atoms with E-state index < -0.39 is 4.92 Å². The summed E-state index contributed by atoms with van der Waals surface area (Å²) >= 11 is 1.03. The molecule has 0 aliphatic carbocycles. The first kappa shape index (κ1) is 19.0. The molecule has 1 aliphatic heterocycles. The van der Waals surface area contributed by atoms with Gasteiger partial charge in [-0.05, 0) is 30.0 Å². The fourth-order valence-electron chi connectivity index (χ4n) is 2.69. The van der Waals surface area contributed by atoms with Crippen molar-refractivity contribution in [3.63, 3.8) is 0 Å². The van der Waals surface area contributed by atoms with E-state index >= 15 is 0 Å². The van der Waals surface area contributed by atoms with E-state index in [0.717, 1.165) is 17.4 Å². The van der Waals surface area contributed by atoms with Crippen LogP contribution in [0, 0.1) is 10.1 Å². The number of para-hydroxylation sites is 1. The summed E-state index contributed by atoms with van der Waals surface area (Å²) < 4.78 is 5.40. The number of hydrogen-bond acceptors (Lipinski definition) is 10. The number of anilines is 3. The van der Waals surface area contributed by atoms with Crippen molar-refractivity contribution >= 4 is 35.0 Å². The molecule has 2 aromatic heterocycles. The lowest BCUT2D eigenvalue weighted by molar-refractivity contribution is -0.388. The molecule has 0 radical (unpaired) electrons. The van der Waals surface area contributed by atoms with Gasteiger partial charge in [0.15, 0.2) is 5.03 Å². The third-order valence-corrected chi connectivity index (χ3v) is 4.94. The number of pyridine rings is 1. The molecule has 29 heavy (non-hydrogen) atoms. The summed E-state index contributed by atoms with van der Waals surface area (Å²) in [5, 5.41) is 15.0. The molecule has 3 aromatic rings. The lowest BCUT2D eigenvalue weighted by atomic mass is 10.3. The summed E-state index contributed by atoms with van der Waals surface area (Å²) in [5.74, 6) is 0.844. The SMILES string of the molecule is O=[N+]([O-])c1cccnc1Sc1nc(Nc2ccccc2)nc(N2CCOCC2)n1. The van der Waals surface area contributed by atoms with Crippen molar-refractivity contribution in [3.8, 4) is 0 Å². The topological polar surface area (TPSA) is 119 Å². The van der Waals surface area contributed by atoms with E-state index in [0.29, 0.717) is 43.4 Å². The summed E-state index contributed by atoms with van der Waals surface area (Å²) in [6.07, 6.45) is 1.50. The molecule has 10 nitrogen and oxygen atoms in total. The van der Waals surface area contributed by atoms with Gasteiger partial charge < -0.3 is 15.0 Å². The van der Waals surface area contributed by atoms with E-state index in [2.05, 4.69) is 25.3 Å². The minimum atomic E-state index is -0.470. The van der Waals surface area contributed by atoms with Crippen LogP contribution in [-0.2, 0) is 4.74 Å². The van der Waals surface area contributed by atoms with Crippen molar-refractivity contribution in [2.75, 3.05) is 36.5 Å². The van der Waals surface area contributed by atoms with Crippen molar-refractivity contribution < 1.29 is 9.66 Å². The van der Waals surface area contributed by atoms with Gasteiger partial charge in [0, 0.05) is 31.0 Å². The van der Waals surface area contributed by atoms with Gasteiger partial charge in [0.1, 0.15) is 0 Å². The fraction of sp³-hybridized carbons (Fsp3) is 0.222. The van der Waals surface area contributed by atoms with Crippen LogP contribution in [0.15, 0.2) is 58.8 Å². The van der Waals surface area contributed by atoms with E-state index in [1.165, 1.54) is 18.3 Å². The molecule has 148 valence electrons. The van der Waals surface area contributed by atoms with E-state index in [4.69, 9.17) is 4.74 Å². The molecule has 1 aliphatic rings. The molecule has 0 spiro atoms. The van der Waals surface area contributed by atoms with Crippen LogP contribution < -0.4 is 10.2 Å². The maximum Gasteiger partial charge on any atom is 0.301 e. The summed E-state index contributed by atoms with van der Waals surface area (Å²) in [7, 11) is 0. The third kappa shape index (κ3) is 4.76. The number of nitrogens with zero attached hydrogens (tertiary/aromatic N) is 6. The number of hydrogen-bond donors (Lipinski definition) is 1. The van der Waals surface area contributed by atoms with Crippen LogP contribution in [0.3, 0.4) is 0 Å². The van der Waals surface area contributed by atoms with Crippen LogP contribution in [0.4, 0.5) is 23.3 Å². The Bertz CT molecular complexity index is 1000. The molecule has 0 unspecified atom stereocenters. The number of nitrogens with one attached hydrogen (secondary N) is 1. The second-order valence-corrected chi connectivity index (χ2v) is 6.97. The van der Waals surface area contributed by atoms with E-state index in [9.17, 15) is 10.1 Å². The number of nitro groups is 1. The smallest absolute Gasteiger partial charge is 0.301 e. The highest BCUT2D eigenvalue weighted by Gasteiger charge is 2.20. The molecule has 1 N–H and O–H groups in total. The molecule has 0 amide bonds. The van der Waals surface area contributed by atoms with Crippen LogP contribution in [0.5, 0.6) is 0 Å². The number of rotatable bonds is 6. The molecular weight excluding hydrogens is 394 g/mol. The first-order valence-electron chi connectivity index (χ1n) is 8.87. The zero-order valence-corrected chi connectivity index (χ0v) is 16.1. The van der Waals surface area contributed by atoms with Crippen molar-refractivity contribution in [3.05, 3.63) is 58.8 Å². The largest absolute Gasteiger partial charge is 0.378 e. The first-order valence-corrected chi connectivity index (χ1v) is 9.69. The van der Waals surface area contributed by atoms with Crippen molar-refractivity contribution in [1.29, 1.82) is 0 Å². The maximum absolute atomic E-state index is 11.3. The molecule has 0 atom stereocenters.